The van der Waals surface area contributed by atoms with Crippen molar-refractivity contribution < 1.29 is 14.3 Å². The van der Waals surface area contributed by atoms with Gasteiger partial charge in [-0.25, -0.2) is 0 Å². The van der Waals surface area contributed by atoms with Gasteiger partial charge in [0.1, 0.15) is 0 Å². The Morgan fingerprint density at radius 3 is 2.28 bits per heavy atom. The molecular weight excluding hydrogens is 433 g/mol. The maximum Gasteiger partial charge on any atom is 0.292 e. The first kappa shape index (κ1) is 23.0. The Balaban J connectivity index is 0.000000687. The van der Waals surface area contributed by atoms with Crippen LogP contribution in [0.2, 0.25) is 10.0 Å². The number of nitrogens with one attached hydrogen (secondary N) is 1. The van der Waals surface area contributed by atoms with Crippen molar-refractivity contribution in [2.75, 3.05) is 7.11 Å². The summed E-state index contributed by atoms with van der Waals surface area (Å²) >= 11 is 13.8. The van der Waals surface area contributed by atoms with E-state index in [2.05, 4.69) is 9.72 Å². The van der Waals surface area contributed by atoms with Crippen LogP contribution in [-0.4, -0.2) is 24.3 Å². The molecule has 152 valence electrons. The number of Topliss-reactive ketones (excluding diaryl/α,β-unsaturated/α-hetero) is 1. The molecule has 0 fully saturated rings. The third-order valence-corrected chi connectivity index (χ3v) is 5.68. The fourth-order valence-electron chi connectivity index (χ4n) is 2.57. The molecule has 0 amide bonds. The number of ether oxygens (including phenoxy) is 1. The lowest BCUT2D eigenvalue weighted by Gasteiger charge is -2.11. The summed E-state index contributed by atoms with van der Waals surface area (Å²) in [5.41, 5.74) is 2.46. The summed E-state index contributed by atoms with van der Waals surface area (Å²) in [5, 5.41) is 1.43. The second kappa shape index (κ2) is 10.5. The molecule has 0 radical (unpaired) electrons. The lowest BCUT2D eigenvalue weighted by Crippen LogP contribution is -2.17. The molecule has 0 aliphatic rings. The molecule has 0 spiro atoms. The van der Waals surface area contributed by atoms with Crippen LogP contribution in [-0.2, 0) is 15.3 Å². The number of fused-ring (bicyclic) bond motifs is 1. The van der Waals surface area contributed by atoms with Crippen LogP contribution in [0.3, 0.4) is 0 Å². The van der Waals surface area contributed by atoms with Crippen LogP contribution < -0.4 is 5.43 Å². The number of carbonyl (C=O) groups excluding carboxylic acids is 2. The Morgan fingerprint density at radius 1 is 1.14 bits per heavy atom. The lowest BCUT2D eigenvalue weighted by atomic mass is 10.1. The van der Waals surface area contributed by atoms with Crippen molar-refractivity contribution in [3.8, 4) is 0 Å². The predicted molar refractivity (Wildman–Crippen MR) is 118 cm³/mol. The Labute approximate surface area is 182 Å². The van der Waals surface area contributed by atoms with E-state index in [-0.39, 0.29) is 27.2 Å². The van der Waals surface area contributed by atoms with Crippen LogP contribution >= 0.6 is 35.0 Å². The van der Waals surface area contributed by atoms with Crippen molar-refractivity contribution in [1.82, 2.24) is 4.98 Å². The largest absolute Gasteiger partial charge is 0.471 e. The maximum absolute atomic E-state index is 12.8. The highest BCUT2D eigenvalue weighted by molar-refractivity contribution is 7.98. The first-order chi connectivity index (χ1) is 13.8. The van der Waals surface area contributed by atoms with Crippen LogP contribution in [0.1, 0.15) is 28.4 Å². The number of halogens is 2. The van der Waals surface area contributed by atoms with Gasteiger partial charge < -0.3 is 9.72 Å². The molecule has 29 heavy (non-hydrogen) atoms. The molecule has 3 aromatic rings. The van der Waals surface area contributed by atoms with Crippen LogP contribution in [0.25, 0.3) is 10.9 Å². The minimum Gasteiger partial charge on any atom is -0.471 e. The number of aromatic nitrogens is 1. The van der Waals surface area contributed by atoms with Gasteiger partial charge in [-0.05, 0) is 31.5 Å². The van der Waals surface area contributed by atoms with Crippen LogP contribution in [0.15, 0.2) is 46.2 Å². The zero-order chi connectivity index (χ0) is 21.6. The van der Waals surface area contributed by atoms with Gasteiger partial charge in [-0.2, -0.15) is 0 Å². The first-order valence-corrected chi connectivity index (χ1v) is 10.2. The van der Waals surface area contributed by atoms with Crippen molar-refractivity contribution in [1.29, 1.82) is 0 Å². The van der Waals surface area contributed by atoms with Gasteiger partial charge in [0.2, 0.25) is 5.43 Å². The van der Waals surface area contributed by atoms with Crippen molar-refractivity contribution in [3.63, 3.8) is 0 Å². The minimum atomic E-state index is -0.389. The molecule has 0 aliphatic carbocycles. The Kier molecular flexibility index (Phi) is 8.32. The van der Waals surface area contributed by atoms with Crippen LogP contribution in [0.5, 0.6) is 0 Å². The van der Waals surface area contributed by atoms with E-state index in [1.807, 2.05) is 31.2 Å². The summed E-state index contributed by atoms with van der Waals surface area (Å²) in [6.07, 6.45) is 0. The number of hydrogen-bond donors (Lipinski definition) is 1. The third-order valence-electron chi connectivity index (χ3n) is 3.98. The highest BCUT2D eigenvalue weighted by atomic mass is 35.5. The molecule has 5 nitrogen and oxygen atoms in total. The van der Waals surface area contributed by atoms with E-state index in [1.54, 1.807) is 12.1 Å². The van der Waals surface area contributed by atoms with Gasteiger partial charge in [0, 0.05) is 5.75 Å². The van der Waals surface area contributed by atoms with Gasteiger partial charge in [-0.15, -0.1) is 11.8 Å². The molecular formula is C21H19Cl2NO4S. The van der Waals surface area contributed by atoms with E-state index in [9.17, 15) is 9.59 Å². The summed E-state index contributed by atoms with van der Waals surface area (Å²) in [4.78, 5) is 37.0. The van der Waals surface area contributed by atoms with Crippen molar-refractivity contribution in [2.24, 2.45) is 0 Å². The third kappa shape index (κ3) is 5.63. The van der Waals surface area contributed by atoms with Crippen LogP contribution in [0.4, 0.5) is 0 Å². The predicted octanol–water partition coefficient (Wildman–Crippen LogP) is 5.43. The van der Waals surface area contributed by atoms with E-state index < -0.39 is 0 Å². The smallest absolute Gasteiger partial charge is 0.292 e. The van der Waals surface area contributed by atoms with E-state index in [1.165, 1.54) is 31.4 Å². The number of methoxy groups -OCH3 is 1. The fourth-order valence-corrected chi connectivity index (χ4v) is 4.07. The summed E-state index contributed by atoms with van der Waals surface area (Å²) in [6, 6.07) is 11.3. The van der Waals surface area contributed by atoms with Crippen molar-refractivity contribution in [3.05, 3.63) is 73.4 Å². The number of aromatic amines is 1. The molecule has 0 unspecified atom stereocenters. The Bertz CT molecular complexity index is 1090. The molecule has 1 aromatic heterocycles. The minimum absolute atomic E-state index is 0.119. The van der Waals surface area contributed by atoms with E-state index >= 15 is 0 Å². The summed E-state index contributed by atoms with van der Waals surface area (Å²) in [5.74, 6) is 0.325. The zero-order valence-electron chi connectivity index (χ0n) is 16.0. The Hall–Kier alpha value is -2.28. The van der Waals surface area contributed by atoms with Gasteiger partial charge in [-0.3, -0.25) is 14.4 Å². The van der Waals surface area contributed by atoms with E-state index in [0.717, 1.165) is 5.56 Å². The average Bonchev–Trinajstić information content (AvgIpc) is 2.70. The summed E-state index contributed by atoms with van der Waals surface area (Å²) in [6.45, 7) is 3.78. The molecule has 0 bridgehead atoms. The molecule has 1 N–H and O–H groups in total. The number of pyridine rings is 1. The maximum atomic E-state index is 12.8. The SMILES string of the molecule is CC(=O)c1c(SCc2ccc(C)cc2)[nH]c2c(Cl)ccc(Cl)c2c1=O.COC=O. The van der Waals surface area contributed by atoms with E-state index in [0.29, 0.717) is 27.8 Å². The van der Waals surface area contributed by atoms with Crippen molar-refractivity contribution >= 4 is 58.1 Å². The molecule has 0 atom stereocenters. The number of hydrogen-bond acceptors (Lipinski definition) is 5. The number of benzene rings is 2. The average molecular weight is 452 g/mol. The second-order valence-corrected chi connectivity index (χ2v) is 7.90. The van der Waals surface area contributed by atoms with Gasteiger partial charge >= 0.3 is 0 Å². The molecule has 0 saturated heterocycles. The Morgan fingerprint density at radius 2 is 1.72 bits per heavy atom. The molecule has 3 rings (SSSR count). The van der Waals surface area contributed by atoms with Gasteiger partial charge in [0.25, 0.3) is 6.47 Å². The number of aryl methyl sites for hydroxylation is 1. The van der Waals surface area contributed by atoms with Gasteiger partial charge in [0.15, 0.2) is 5.78 Å². The molecule has 2 aromatic carbocycles. The highest BCUT2D eigenvalue weighted by Gasteiger charge is 2.19. The second-order valence-electron chi connectivity index (χ2n) is 6.10. The molecule has 0 saturated carbocycles. The highest BCUT2D eigenvalue weighted by Crippen LogP contribution is 2.31. The molecule has 8 heteroatoms. The number of ketones is 1. The standard InChI is InChI=1S/C19H15Cl2NO2S.C2H4O2/c1-10-3-5-12(6-4-10)9-25-19-15(11(2)23)18(24)16-13(20)7-8-14(21)17(16)22-19;1-4-2-3/h3-8H,9H2,1-2H3,(H,22,24);2H,1H3. The number of thioether (sulfide) groups is 1. The topological polar surface area (TPSA) is 76.2 Å². The van der Waals surface area contributed by atoms with Crippen LogP contribution in [0, 0.1) is 6.92 Å². The van der Waals surface area contributed by atoms with Gasteiger partial charge in [-0.1, -0.05) is 53.0 Å². The summed E-state index contributed by atoms with van der Waals surface area (Å²) < 4.78 is 3.86. The number of carbonyl (C=O) groups is 2. The first-order valence-electron chi connectivity index (χ1n) is 8.49. The molecule has 0 aliphatic heterocycles. The summed E-state index contributed by atoms with van der Waals surface area (Å²) in [7, 11) is 1.31. The lowest BCUT2D eigenvalue weighted by molar-refractivity contribution is -0.126. The number of H-pyrrole nitrogens is 1. The fraction of sp³-hybridized carbons (Fsp3) is 0.190. The number of rotatable bonds is 5. The normalized spacial score (nSPS) is 10.2. The van der Waals surface area contributed by atoms with Gasteiger partial charge in [0.05, 0.1) is 38.6 Å². The quantitative estimate of drug-likeness (QED) is 0.318. The van der Waals surface area contributed by atoms with Crippen molar-refractivity contribution in [2.45, 2.75) is 24.6 Å². The van der Waals surface area contributed by atoms with E-state index in [4.69, 9.17) is 28.0 Å². The monoisotopic (exact) mass is 451 g/mol. The zero-order valence-corrected chi connectivity index (χ0v) is 18.4. The molecule has 1 heterocycles.